The zero-order valence-electron chi connectivity index (χ0n) is 49.6. The minimum absolute atomic E-state index is 0.222. The molecule has 0 aromatic rings. The van der Waals surface area contributed by atoms with E-state index in [1.54, 1.807) is 0 Å². The van der Waals surface area contributed by atoms with Gasteiger partial charge in [0.25, 0.3) is 0 Å². The summed E-state index contributed by atoms with van der Waals surface area (Å²) in [6.07, 6.45) is 56.0. The number of nitrogens with one attached hydrogen (secondary N) is 1. The second-order valence-electron chi connectivity index (χ2n) is 23.4. The van der Waals surface area contributed by atoms with Gasteiger partial charge in [-0.1, -0.05) is 322 Å². The first-order chi connectivity index (χ1) is 37.0. The molecule has 1 aliphatic rings. The van der Waals surface area contributed by atoms with Crippen LogP contribution in [0.4, 0.5) is 0 Å². The third-order valence-corrected chi connectivity index (χ3v) is 16.6. The molecule has 1 amide bonds. The smallest absolute Gasteiger partial charge is 0.394 e. The molecule has 0 saturated carbocycles. The van der Waals surface area contributed by atoms with Crippen LogP contribution in [0.2, 0.25) is 0 Å². The molecule has 76 heavy (non-hydrogen) atoms. The van der Waals surface area contributed by atoms with Crippen molar-refractivity contribution in [2.45, 2.75) is 384 Å². The molecule has 0 aromatic carbocycles. The van der Waals surface area contributed by atoms with Crippen LogP contribution in [0.25, 0.3) is 0 Å². The van der Waals surface area contributed by atoms with Gasteiger partial charge in [-0.25, -0.2) is 4.18 Å². The molecular weight excluding hydrogens is 979 g/mol. The summed E-state index contributed by atoms with van der Waals surface area (Å²) >= 11 is 0. The highest BCUT2D eigenvalue weighted by atomic mass is 32.3. The van der Waals surface area contributed by atoms with Crippen molar-refractivity contribution in [3.05, 3.63) is 0 Å². The van der Waals surface area contributed by atoms with Gasteiger partial charge in [0.05, 0.1) is 25.4 Å². The zero-order chi connectivity index (χ0) is 55.4. The Hall–Kier alpha value is -0.900. The average Bonchev–Trinajstić information content (AvgIpc) is 3.40. The summed E-state index contributed by atoms with van der Waals surface area (Å²) in [6.45, 7) is 3.49. The van der Waals surface area contributed by atoms with Crippen LogP contribution in [-0.4, -0.2) is 95.4 Å². The van der Waals surface area contributed by atoms with E-state index in [4.69, 9.17) is 9.47 Å². The van der Waals surface area contributed by atoms with Crippen LogP contribution in [0.5, 0.6) is 0 Å². The average molecular weight is 1100 g/mol. The maximum atomic E-state index is 13.1. The van der Waals surface area contributed by atoms with E-state index in [-0.39, 0.29) is 12.5 Å². The highest BCUT2D eigenvalue weighted by molar-refractivity contribution is 7.80. The fraction of sp³-hybridized carbons (Fsp3) is 0.984. The van der Waals surface area contributed by atoms with E-state index in [1.165, 1.54) is 263 Å². The Morgan fingerprint density at radius 1 is 0.474 bits per heavy atom. The molecule has 7 atom stereocenters. The lowest BCUT2D eigenvalue weighted by Crippen LogP contribution is -2.61. The summed E-state index contributed by atoms with van der Waals surface area (Å²) < 4.78 is 47.9. The molecule has 1 aliphatic heterocycles. The number of aliphatic hydroxyl groups excluding tert-OH is 4. The van der Waals surface area contributed by atoms with E-state index < -0.39 is 59.9 Å². The van der Waals surface area contributed by atoms with Gasteiger partial charge in [0.1, 0.15) is 24.4 Å². The topological polar surface area (TPSA) is 192 Å². The van der Waals surface area contributed by atoms with Gasteiger partial charge >= 0.3 is 10.4 Å². The summed E-state index contributed by atoms with van der Waals surface area (Å²) in [7, 11) is -5.08. The zero-order valence-corrected chi connectivity index (χ0v) is 50.4. The third kappa shape index (κ3) is 44.8. The van der Waals surface area contributed by atoms with Crippen molar-refractivity contribution in [1.82, 2.24) is 5.32 Å². The van der Waals surface area contributed by atoms with Crippen molar-refractivity contribution >= 4 is 16.3 Å². The van der Waals surface area contributed by atoms with Crippen molar-refractivity contribution in [3.8, 4) is 0 Å². The van der Waals surface area contributed by atoms with E-state index in [1.807, 2.05) is 0 Å². The molecule has 0 aliphatic carbocycles. The van der Waals surface area contributed by atoms with Gasteiger partial charge in [-0.3, -0.25) is 9.35 Å². The highest BCUT2D eigenvalue weighted by Gasteiger charge is 2.48. The number of carbonyl (C=O) groups excluding carboxylic acids is 1. The Morgan fingerprint density at radius 3 is 1.05 bits per heavy atom. The summed E-state index contributed by atoms with van der Waals surface area (Å²) in [4.78, 5) is 13.1. The summed E-state index contributed by atoms with van der Waals surface area (Å²) in [5, 5.41) is 45.1. The van der Waals surface area contributed by atoms with Crippen LogP contribution in [0.3, 0.4) is 0 Å². The number of carbonyl (C=O) groups is 1. The van der Waals surface area contributed by atoms with Crippen molar-refractivity contribution in [3.63, 3.8) is 0 Å². The minimum atomic E-state index is -5.08. The number of ether oxygens (including phenoxy) is 2. The summed E-state index contributed by atoms with van der Waals surface area (Å²) in [5.41, 5.74) is 0. The molecule has 7 unspecified atom stereocenters. The second kappa shape index (κ2) is 53.4. The molecule has 454 valence electrons. The van der Waals surface area contributed by atoms with Gasteiger partial charge in [-0.05, 0) is 12.8 Å². The Balaban J connectivity index is 2.11. The van der Waals surface area contributed by atoms with Crippen LogP contribution in [-0.2, 0) is 28.9 Å². The van der Waals surface area contributed by atoms with Gasteiger partial charge in [0.2, 0.25) is 5.91 Å². The van der Waals surface area contributed by atoms with E-state index in [0.29, 0.717) is 12.8 Å². The first kappa shape index (κ1) is 73.1. The monoisotopic (exact) mass is 1100 g/mol. The molecule has 0 bridgehead atoms. The molecule has 12 nitrogen and oxygen atoms in total. The number of unbranched alkanes of at least 4 members (excludes halogenated alkanes) is 47. The largest absolute Gasteiger partial charge is 0.397 e. The minimum Gasteiger partial charge on any atom is -0.394 e. The van der Waals surface area contributed by atoms with Crippen LogP contribution in [0, 0.1) is 0 Å². The third-order valence-electron chi connectivity index (χ3n) is 16.2. The fourth-order valence-electron chi connectivity index (χ4n) is 11.1. The Bertz CT molecular complexity index is 1340. The maximum Gasteiger partial charge on any atom is 0.397 e. The highest BCUT2D eigenvalue weighted by Crippen LogP contribution is 2.27. The second-order valence-corrected chi connectivity index (χ2v) is 24.5. The molecule has 0 radical (unpaired) electrons. The normalized spacial score (nSPS) is 18.9. The number of hydrogen-bond donors (Lipinski definition) is 6. The van der Waals surface area contributed by atoms with Crippen LogP contribution in [0.1, 0.15) is 341 Å². The first-order valence-corrected chi connectivity index (χ1v) is 34.3. The predicted molar refractivity (Wildman–Crippen MR) is 315 cm³/mol. The number of rotatable bonds is 59. The molecule has 1 fully saturated rings. The van der Waals surface area contributed by atoms with E-state index >= 15 is 0 Å². The van der Waals surface area contributed by atoms with Crippen molar-refractivity contribution in [1.29, 1.82) is 0 Å². The lowest BCUT2D eigenvalue weighted by atomic mass is 9.99. The molecule has 1 rings (SSSR count). The number of hydrogen-bond acceptors (Lipinski definition) is 10. The number of aliphatic hydroxyl groups is 4. The van der Waals surface area contributed by atoms with Crippen LogP contribution >= 0.6 is 0 Å². The van der Waals surface area contributed by atoms with Gasteiger partial charge < -0.3 is 35.2 Å². The summed E-state index contributed by atoms with van der Waals surface area (Å²) in [6, 6.07) is -0.853. The summed E-state index contributed by atoms with van der Waals surface area (Å²) in [5.74, 6) is -0.222. The molecule has 6 N–H and O–H groups in total. The molecule has 1 saturated heterocycles. The van der Waals surface area contributed by atoms with Gasteiger partial charge in [-0.15, -0.1) is 0 Å². The van der Waals surface area contributed by atoms with Crippen molar-refractivity contribution in [2.24, 2.45) is 0 Å². The molecule has 1 heterocycles. The first-order valence-electron chi connectivity index (χ1n) is 32.9. The predicted octanol–water partition coefficient (Wildman–Crippen LogP) is 16.4. The fourth-order valence-corrected chi connectivity index (χ4v) is 11.6. The molecule has 13 heteroatoms. The quantitative estimate of drug-likeness (QED) is 0.0251. The van der Waals surface area contributed by atoms with E-state index in [9.17, 15) is 38.2 Å². The Morgan fingerprint density at radius 2 is 0.763 bits per heavy atom. The van der Waals surface area contributed by atoms with Crippen molar-refractivity contribution < 1.29 is 51.8 Å². The SMILES string of the molecule is CCCCCCCCCCCCCCCCCCCCCCCCCCCCCCCCCCCCCCCC(=O)NC(COC1OC(CO)C(O)C(OS(=O)(=O)O)C1O)C(O)CCCCCCCCCCCCCC. The molecular formula is C63H125NO11S. The van der Waals surface area contributed by atoms with Crippen LogP contribution in [0.15, 0.2) is 0 Å². The number of amides is 1. The standard InChI is InChI=1S/C63H125NO11S/c1-3-5-7-9-11-13-15-17-18-19-20-21-22-23-24-25-26-27-28-29-30-31-32-33-34-35-36-37-38-39-40-41-43-45-47-49-51-53-59(67)64-56(57(66)52-50-48-46-44-42-16-14-12-10-8-6-4-2)55-73-63-61(69)62(75-76(70,71)72)60(68)58(54-65)74-63/h56-58,60-63,65-66,68-69H,3-55H2,1-2H3,(H,64,67)(H,70,71,72). The molecule has 0 spiro atoms. The Labute approximate surface area is 468 Å². The lowest BCUT2D eigenvalue weighted by molar-refractivity contribution is -0.298. The van der Waals surface area contributed by atoms with Gasteiger partial charge in [-0.2, -0.15) is 8.42 Å². The molecule has 0 aromatic heterocycles. The van der Waals surface area contributed by atoms with E-state index in [0.717, 1.165) is 51.4 Å². The van der Waals surface area contributed by atoms with Crippen LogP contribution < -0.4 is 5.32 Å². The van der Waals surface area contributed by atoms with Gasteiger partial charge in [0.15, 0.2) is 6.29 Å². The van der Waals surface area contributed by atoms with Gasteiger partial charge in [0, 0.05) is 6.42 Å². The van der Waals surface area contributed by atoms with Crippen molar-refractivity contribution in [2.75, 3.05) is 13.2 Å². The maximum absolute atomic E-state index is 13.1. The van der Waals surface area contributed by atoms with E-state index in [2.05, 4.69) is 23.3 Å². The lowest BCUT2D eigenvalue weighted by Gasteiger charge is -2.41. The Kier molecular flexibility index (Phi) is 51.4.